The van der Waals surface area contributed by atoms with E-state index in [0.717, 1.165) is 50.5 Å². The second-order valence-electron chi connectivity index (χ2n) is 17.9. The van der Waals surface area contributed by atoms with Crippen molar-refractivity contribution in [3.8, 4) is 17.2 Å². The van der Waals surface area contributed by atoms with E-state index in [2.05, 4.69) is 84.1 Å². The third kappa shape index (κ3) is 5.42. The molecule has 298 valence electrons. The summed E-state index contributed by atoms with van der Waals surface area (Å²) in [4.78, 5) is 43.0. The monoisotopic (exact) mass is 789 g/mol. The first-order valence-electron chi connectivity index (χ1n) is 20.1. The third-order valence-corrected chi connectivity index (χ3v) is 14.5. The Labute approximate surface area is 338 Å². The normalized spacial score (nSPS) is 30.5. The van der Waals surface area contributed by atoms with Gasteiger partial charge in [0.2, 0.25) is 0 Å². The van der Waals surface area contributed by atoms with Crippen molar-refractivity contribution in [3.63, 3.8) is 0 Å². The van der Waals surface area contributed by atoms with E-state index in [0.29, 0.717) is 47.6 Å². The van der Waals surface area contributed by atoms with Crippen molar-refractivity contribution in [1.82, 2.24) is 0 Å². The van der Waals surface area contributed by atoms with E-state index in [-0.39, 0.29) is 35.8 Å². The molecule has 10 heteroatoms. The minimum Gasteiger partial charge on any atom is -0.482 e. The van der Waals surface area contributed by atoms with Crippen LogP contribution in [0.3, 0.4) is 0 Å². The fourth-order valence-corrected chi connectivity index (χ4v) is 12.2. The van der Waals surface area contributed by atoms with Crippen LogP contribution in [0.25, 0.3) is 11.3 Å². The van der Waals surface area contributed by atoms with Crippen molar-refractivity contribution >= 4 is 46.4 Å². The molecule has 1 saturated heterocycles. The van der Waals surface area contributed by atoms with Gasteiger partial charge in [-0.25, -0.2) is 4.79 Å². The highest BCUT2D eigenvalue weighted by atomic mass is 32.2. The predicted molar refractivity (Wildman–Crippen MR) is 220 cm³/mol. The Hall–Kier alpha value is -4.54. The second-order valence-corrected chi connectivity index (χ2v) is 19.1. The molecule has 5 heterocycles. The van der Waals surface area contributed by atoms with E-state index in [1.54, 1.807) is 24.8 Å². The topological polar surface area (TPSA) is 109 Å². The number of fused-ring (bicyclic) bond motifs is 4. The molecule has 0 aromatic heterocycles. The summed E-state index contributed by atoms with van der Waals surface area (Å²) in [6.45, 7) is 16.2. The summed E-state index contributed by atoms with van der Waals surface area (Å²) in [6, 6.07) is 8.16. The number of ether oxygens (including phenoxy) is 5. The zero-order chi connectivity index (χ0) is 40.4. The number of rotatable bonds is 8. The molecular weight excluding hydrogens is 739 g/mol. The van der Waals surface area contributed by atoms with Crippen LogP contribution < -0.4 is 19.5 Å². The van der Waals surface area contributed by atoms with E-state index in [1.165, 1.54) is 12.7 Å². The molecular formula is C47H51NO8S. The largest absolute Gasteiger partial charge is 0.482 e. The van der Waals surface area contributed by atoms with E-state index < -0.39 is 34.3 Å². The summed E-state index contributed by atoms with van der Waals surface area (Å²) in [7, 11) is 1.35. The zero-order valence-corrected chi connectivity index (χ0v) is 35.1. The van der Waals surface area contributed by atoms with Crippen LogP contribution in [0.15, 0.2) is 75.8 Å². The molecule has 0 amide bonds. The van der Waals surface area contributed by atoms with E-state index in [1.807, 2.05) is 12.1 Å². The summed E-state index contributed by atoms with van der Waals surface area (Å²) in [5.74, 6) is 0.107. The number of methoxy groups -OCH3 is 1. The van der Waals surface area contributed by atoms with Crippen molar-refractivity contribution in [2.75, 3.05) is 12.4 Å². The number of hydrogen-bond donors (Lipinski definition) is 1. The summed E-state index contributed by atoms with van der Waals surface area (Å²) >= 11 is 1.68. The maximum Gasteiger partial charge on any atom is 0.333 e. The maximum atomic E-state index is 15.5. The Morgan fingerprint density at radius 1 is 0.965 bits per heavy atom. The van der Waals surface area contributed by atoms with Gasteiger partial charge in [0.1, 0.15) is 17.1 Å². The molecule has 5 aliphatic heterocycles. The van der Waals surface area contributed by atoms with Crippen molar-refractivity contribution < 1.29 is 38.1 Å². The van der Waals surface area contributed by atoms with Gasteiger partial charge in [0, 0.05) is 45.1 Å². The predicted octanol–water partition coefficient (Wildman–Crippen LogP) is 9.49. The molecule has 6 atom stereocenters. The molecule has 1 N–H and O–H groups in total. The molecule has 6 unspecified atom stereocenters. The molecule has 4 fully saturated rings. The first-order valence-corrected chi connectivity index (χ1v) is 21.0. The number of allylic oxidation sites excluding steroid dienone is 4. The van der Waals surface area contributed by atoms with Crippen LogP contribution in [-0.4, -0.2) is 52.5 Å². The number of thioether (sulfide) groups is 1. The second kappa shape index (κ2) is 13.0. The molecule has 3 saturated carbocycles. The molecule has 2 aromatic rings. The lowest BCUT2D eigenvalue weighted by atomic mass is 9.49. The SMILES string of the molecule is COC(=O)/C(C)=C\CC12OC(C)(C)C3CC(C1=O)C1Sc4ccccc4NC4=C1C32Oc1c(CC=C(C)C)c2c3c(c14)OC(=O)CC3=CC(C)(CCC=C(C)C)O2. The quantitative estimate of drug-likeness (QED) is 0.120. The Kier molecular flexibility index (Phi) is 8.66. The van der Waals surface area contributed by atoms with Gasteiger partial charge in [-0.3, -0.25) is 9.59 Å². The fraction of sp³-hybridized carbons (Fsp3) is 0.468. The van der Waals surface area contributed by atoms with E-state index in [9.17, 15) is 9.59 Å². The summed E-state index contributed by atoms with van der Waals surface area (Å²) in [5, 5.41) is 3.58. The first-order chi connectivity index (χ1) is 27.0. The van der Waals surface area contributed by atoms with Gasteiger partial charge in [-0.05, 0) is 105 Å². The van der Waals surface area contributed by atoms with Gasteiger partial charge in [0.05, 0.1) is 41.6 Å². The summed E-state index contributed by atoms with van der Waals surface area (Å²) in [5.41, 5.74) is 4.27. The number of nitrogens with one attached hydrogen (secondary N) is 1. The molecule has 10 rings (SSSR count). The van der Waals surface area contributed by atoms with Gasteiger partial charge in [-0.2, -0.15) is 0 Å². The number of para-hydroxylation sites is 1. The van der Waals surface area contributed by atoms with Crippen molar-refractivity contribution in [2.24, 2.45) is 11.8 Å². The fourth-order valence-electron chi connectivity index (χ4n) is 10.7. The van der Waals surface area contributed by atoms with Crippen LogP contribution >= 0.6 is 11.8 Å². The van der Waals surface area contributed by atoms with Crippen molar-refractivity contribution in [3.05, 3.63) is 87.6 Å². The highest BCUT2D eigenvalue weighted by molar-refractivity contribution is 8.00. The van der Waals surface area contributed by atoms with Crippen LogP contribution in [0.5, 0.6) is 17.2 Å². The van der Waals surface area contributed by atoms with Crippen LogP contribution in [0.2, 0.25) is 0 Å². The van der Waals surface area contributed by atoms with E-state index in [4.69, 9.17) is 23.7 Å². The molecule has 4 bridgehead atoms. The Morgan fingerprint density at radius 2 is 1.70 bits per heavy atom. The number of anilines is 1. The molecule has 57 heavy (non-hydrogen) atoms. The average Bonchev–Trinajstić information content (AvgIpc) is 3.23. The lowest BCUT2D eigenvalue weighted by Crippen LogP contribution is -2.75. The molecule has 3 aliphatic carbocycles. The number of benzene rings is 2. The van der Waals surface area contributed by atoms with Crippen LogP contribution in [0.4, 0.5) is 5.69 Å². The van der Waals surface area contributed by atoms with Gasteiger partial charge >= 0.3 is 11.9 Å². The maximum absolute atomic E-state index is 15.5. The van der Waals surface area contributed by atoms with Gasteiger partial charge in [0.15, 0.2) is 22.7 Å². The number of Topliss-reactive ketones (excluding diaryl/α,β-unsaturated/α-hetero) is 1. The highest BCUT2D eigenvalue weighted by Crippen LogP contribution is 2.74. The van der Waals surface area contributed by atoms with Gasteiger partial charge < -0.3 is 29.0 Å². The van der Waals surface area contributed by atoms with Gasteiger partial charge in [-0.15, -0.1) is 11.8 Å². The van der Waals surface area contributed by atoms with Crippen LogP contribution in [0.1, 0.15) is 104 Å². The third-order valence-electron chi connectivity index (χ3n) is 13.1. The smallest absolute Gasteiger partial charge is 0.333 e. The lowest BCUT2D eigenvalue weighted by Gasteiger charge is -2.61. The Balaban J connectivity index is 1.38. The van der Waals surface area contributed by atoms with Crippen LogP contribution in [0, 0.1) is 11.8 Å². The standard InChI is InChI=1S/C47H51NO8S/c1-24(2)13-12-19-45(8)23-27-21-33(49)53-40-34(27)38(54-45)28(17-16-25(3)4)39-35(40)37-36-41(57-31-15-11-10-14-30(31)48-37)29-22-32-44(6,7)56-46(42(29)50,47(32,36)55-39)20-18-26(5)43(51)52-9/h10-11,13-16,18,23,29,32,41,48H,12,17,19-22H2,1-9H3/b26-18-. The summed E-state index contributed by atoms with van der Waals surface area (Å²) in [6.07, 6.45) is 11.1. The van der Waals surface area contributed by atoms with E-state index >= 15 is 4.79 Å². The molecule has 2 aromatic carbocycles. The zero-order valence-electron chi connectivity index (χ0n) is 34.3. The summed E-state index contributed by atoms with van der Waals surface area (Å²) < 4.78 is 33.7. The number of ketones is 1. The minimum atomic E-state index is -1.48. The average molecular weight is 790 g/mol. The Bertz CT molecular complexity index is 2340. The molecule has 8 aliphatic rings. The lowest BCUT2D eigenvalue weighted by molar-refractivity contribution is -0.176. The van der Waals surface area contributed by atoms with Crippen LogP contribution in [-0.2, 0) is 30.3 Å². The number of carbonyl (C=O) groups excluding carboxylic acids is 3. The van der Waals surface area contributed by atoms with Crippen molar-refractivity contribution in [1.29, 1.82) is 0 Å². The molecule has 0 radical (unpaired) electrons. The molecule has 9 nitrogen and oxygen atoms in total. The first kappa shape index (κ1) is 38.0. The van der Waals surface area contributed by atoms with Gasteiger partial charge in [-0.1, -0.05) is 41.5 Å². The van der Waals surface area contributed by atoms with Crippen molar-refractivity contribution in [2.45, 2.75) is 126 Å². The highest BCUT2D eigenvalue weighted by Gasteiger charge is 2.83. The number of carbonyl (C=O) groups is 3. The molecule has 1 spiro atoms. The number of hydrogen-bond acceptors (Lipinski definition) is 10. The Morgan fingerprint density at radius 3 is 2.44 bits per heavy atom. The van der Waals surface area contributed by atoms with Gasteiger partial charge in [0.25, 0.3) is 0 Å². The minimum absolute atomic E-state index is 0.0217. The number of esters is 2.